The highest BCUT2D eigenvalue weighted by atomic mass is 16.5. The molecule has 3 aromatic carbocycles. The van der Waals surface area contributed by atoms with Gasteiger partial charge in [0.05, 0.1) is 11.6 Å². The van der Waals surface area contributed by atoms with Crippen LogP contribution in [0.25, 0.3) is 5.76 Å². The number of aliphatic hydroxyl groups excluding tert-OH is 1. The Balaban J connectivity index is 1.37. The van der Waals surface area contributed by atoms with Crippen LogP contribution in [0, 0.1) is 0 Å². The van der Waals surface area contributed by atoms with E-state index >= 15 is 0 Å². The fourth-order valence-electron chi connectivity index (χ4n) is 5.29. The number of ether oxygens (including phenoxy) is 2. The fourth-order valence-corrected chi connectivity index (χ4v) is 5.29. The number of Topliss-reactive ketones (excluding diaryl/α,β-unsaturated/α-hetero) is 1. The minimum Gasteiger partial charge on any atom is -0.507 e. The summed E-state index contributed by atoms with van der Waals surface area (Å²) in [6, 6.07) is 25.4. The van der Waals surface area contributed by atoms with Crippen molar-refractivity contribution in [3.8, 4) is 11.5 Å². The van der Waals surface area contributed by atoms with E-state index in [1.807, 2.05) is 73.7 Å². The van der Waals surface area contributed by atoms with Crippen LogP contribution in [0.2, 0.25) is 0 Å². The number of pyridine rings is 1. The van der Waals surface area contributed by atoms with Crippen molar-refractivity contribution in [3.05, 3.63) is 131 Å². The summed E-state index contributed by atoms with van der Waals surface area (Å²) in [5, 5.41) is 11.5. The molecule has 2 atom stereocenters. The van der Waals surface area contributed by atoms with Crippen molar-refractivity contribution in [2.45, 2.75) is 38.6 Å². The Labute approximate surface area is 232 Å². The van der Waals surface area contributed by atoms with Crippen LogP contribution < -0.4 is 9.47 Å². The summed E-state index contributed by atoms with van der Waals surface area (Å²) in [6.45, 7) is 2.57. The quantitative estimate of drug-likeness (QED) is 0.189. The first-order chi connectivity index (χ1) is 19.5. The summed E-state index contributed by atoms with van der Waals surface area (Å²) >= 11 is 0. The molecule has 1 saturated heterocycles. The number of hydrogen-bond acceptors (Lipinski definition) is 6. The van der Waals surface area contributed by atoms with Gasteiger partial charge in [0.1, 0.15) is 30.0 Å². The number of carbonyl (C=O) groups excluding carboxylic acids is 2. The molecule has 1 amide bonds. The smallest absolute Gasteiger partial charge is 0.295 e. The molecule has 4 aromatic rings. The molecule has 0 bridgehead atoms. The molecule has 0 spiro atoms. The van der Waals surface area contributed by atoms with Gasteiger partial charge in [-0.1, -0.05) is 48.5 Å². The second kappa shape index (κ2) is 10.7. The Kier molecular flexibility index (Phi) is 6.78. The Morgan fingerprint density at radius 1 is 1.00 bits per heavy atom. The maximum absolute atomic E-state index is 13.4. The summed E-state index contributed by atoms with van der Waals surface area (Å²) in [5.41, 5.74) is 4.00. The predicted octanol–water partition coefficient (Wildman–Crippen LogP) is 5.61. The molecule has 1 aromatic heterocycles. The number of rotatable bonds is 7. The number of benzene rings is 3. The maximum atomic E-state index is 13.4. The zero-order valence-corrected chi connectivity index (χ0v) is 22.0. The van der Waals surface area contributed by atoms with Gasteiger partial charge in [0.15, 0.2) is 0 Å². The highest BCUT2D eigenvalue weighted by molar-refractivity contribution is 6.46. The zero-order valence-electron chi connectivity index (χ0n) is 22.0. The van der Waals surface area contributed by atoms with Crippen molar-refractivity contribution in [1.82, 2.24) is 9.88 Å². The molecule has 1 N–H and O–H groups in total. The lowest BCUT2D eigenvalue weighted by molar-refractivity contribution is -0.140. The molecule has 2 unspecified atom stereocenters. The third-order valence-electron chi connectivity index (χ3n) is 7.23. The van der Waals surface area contributed by atoms with Crippen LogP contribution in [0.1, 0.15) is 40.8 Å². The van der Waals surface area contributed by atoms with E-state index < -0.39 is 17.7 Å². The highest BCUT2D eigenvalue weighted by Crippen LogP contribution is 2.41. The van der Waals surface area contributed by atoms with Crippen LogP contribution in [-0.4, -0.2) is 32.8 Å². The first-order valence-electron chi connectivity index (χ1n) is 13.2. The summed E-state index contributed by atoms with van der Waals surface area (Å²) in [4.78, 5) is 32.4. The van der Waals surface area contributed by atoms with Crippen molar-refractivity contribution in [3.63, 3.8) is 0 Å². The number of ketones is 1. The lowest BCUT2D eigenvalue weighted by Crippen LogP contribution is -2.29. The topological polar surface area (TPSA) is 89.0 Å². The van der Waals surface area contributed by atoms with Gasteiger partial charge in [-0.15, -0.1) is 0 Å². The second-order valence-corrected chi connectivity index (χ2v) is 10.1. The third-order valence-corrected chi connectivity index (χ3v) is 7.23. The Bertz CT molecular complexity index is 1580. The van der Waals surface area contributed by atoms with Gasteiger partial charge in [-0.2, -0.15) is 0 Å². The largest absolute Gasteiger partial charge is 0.507 e. The molecule has 0 radical (unpaired) electrons. The standard InChI is InChI=1S/C33H28N2O5/c1-21-16-26-17-25(11-14-28(26)40-21)31(36)29-30(35(33(38)32(29)37)19-23-8-5-15-34-18-23)24-9-12-27(13-10-24)39-20-22-6-3-2-4-7-22/h2-15,17-18,21,30,36H,16,19-20H2,1H3/b31-29+. The second-order valence-electron chi connectivity index (χ2n) is 10.1. The molecule has 0 saturated carbocycles. The summed E-state index contributed by atoms with van der Waals surface area (Å²) in [5.74, 6) is -0.170. The van der Waals surface area contributed by atoms with E-state index in [1.54, 1.807) is 30.6 Å². The lowest BCUT2D eigenvalue weighted by atomic mass is 9.94. The van der Waals surface area contributed by atoms with Gasteiger partial charge in [0.2, 0.25) is 0 Å². The van der Waals surface area contributed by atoms with Crippen LogP contribution in [0.15, 0.2) is 103 Å². The molecule has 7 heteroatoms. The minimum atomic E-state index is -0.785. The van der Waals surface area contributed by atoms with E-state index in [0.29, 0.717) is 29.9 Å². The molecular weight excluding hydrogens is 504 g/mol. The molecule has 3 heterocycles. The summed E-state index contributed by atoms with van der Waals surface area (Å²) in [7, 11) is 0. The maximum Gasteiger partial charge on any atom is 0.295 e. The van der Waals surface area contributed by atoms with E-state index in [2.05, 4.69) is 4.98 Å². The third kappa shape index (κ3) is 4.94. The Hall–Kier alpha value is -4.91. The van der Waals surface area contributed by atoms with Gasteiger partial charge in [-0.3, -0.25) is 14.6 Å². The lowest BCUT2D eigenvalue weighted by Gasteiger charge is -2.25. The van der Waals surface area contributed by atoms with Crippen LogP contribution in [0.3, 0.4) is 0 Å². The molecule has 1 fully saturated rings. The highest BCUT2D eigenvalue weighted by Gasteiger charge is 2.46. The molecule has 0 aliphatic carbocycles. The van der Waals surface area contributed by atoms with Crippen molar-refractivity contribution < 1.29 is 24.2 Å². The van der Waals surface area contributed by atoms with Crippen LogP contribution in [-0.2, 0) is 29.2 Å². The number of likely N-dealkylation sites (tertiary alicyclic amines) is 1. The molecular formula is C33H28N2O5. The molecule has 6 rings (SSSR count). The first-order valence-corrected chi connectivity index (χ1v) is 13.2. The fraction of sp³-hybridized carbons (Fsp3) is 0.182. The van der Waals surface area contributed by atoms with E-state index in [9.17, 15) is 14.7 Å². The van der Waals surface area contributed by atoms with Crippen molar-refractivity contribution in [1.29, 1.82) is 0 Å². The summed E-state index contributed by atoms with van der Waals surface area (Å²) < 4.78 is 11.7. The molecule has 7 nitrogen and oxygen atoms in total. The van der Waals surface area contributed by atoms with E-state index in [-0.39, 0.29) is 24.0 Å². The number of hydrogen-bond donors (Lipinski definition) is 1. The number of amides is 1. The van der Waals surface area contributed by atoms with Crippen LogP contribution >= 0.6 is 0 Å². The van der Waals surface area contributed by atoms with Crippen molar-refractivity contribution in [2.75, 3.05) is 0 Å². The van der Waals surface area contributed by atoms with E-state index in [1.165, 1.54) is 4.90 Å². The van der Waals surface area contributed by atoms with E-state index in [0.717, 1.165) is 22.4 Å². The van der Waals surface area contributed by atoms with Gasteiger partial charge in [-0.25, -0.2) is 0 Å². The molecule has 2 aliphatic rings. The average molecular weight is 533 g/mol. The Morgan fingerprint density at radius 3 is 2.52 bits per heavy atom. The van der Waals surface area contributed by atoms with Gasteiger partial charge in [0, 0.05) is 30.9 Å². The first kappa shape index (κ1) is 25.4. The van der Waals surface area contributed by atoms with Gasteiger partial charge < -0.3 is 19.5 Å². The van der Waals surface area contributed by atoms with Gasteiger partial charge in [-0.05, 0) is 65.6 Å². The normalized spacial score (nSPS) is 19.4. The SMILES string of the molecule is CC1Cc2cc(/C(O)=C3\C(=O)C(=O)N(Cc4cccnc4)C3c3ccc(OCc4ccccc4)cc3)ccc2O1. The average Bonchev–Trinajstić information content (AvgIpc) is 3.48. The minimum absolute atomic E-state index is 0.0417. The molecule has 40 heavy (non-hydrogen) atoms. The van der Waals surface area contributed by atoms with Gasteiger partial charge in [0.25, 0.3) is 11.7 Å². The van der Waals surface area contributed by atoms with Crippen LogP contribution in [0.4, 0.5) is 0 Å². The summed E-state index contributed by atoms with van der Waals surface area (Å²) in [6.07, 6.45) is 4.07. The number of fused-ring (bicyclic) bond motifs is 1. The predicted molar refractivity (Wildman–Crippen MR) is 150 cm³/mol. The molecule has 2 aliphatic heterocycles. The zero-order chi connectivity index (χ0) is 27.6. The van der Waals surface area contributed by atoms with E-state index in [4.69, 9.17) is 9.47 Å². The van der Waals surface area contributed by atoms with Gasteiger partial charge >= 0.3 is 0 Å². The van der Waals surface area contributed by atoms with Crippen LogP contribution in [0.5, 0.6) is 11.5 Å². The monoisotopic (exact) mass is 532 g/mol. The number of aliphatic hydroxyl groups is 1. The number of aromatic nitrogens is 1. The van der Waals surface area contributed by atoms with Crippen molar-refractivity contribution in [2.24, 2.45) is 0 Å². The molecule has 200 valence electrons. The van der Waals surface area contributed by atoms with Crippen molar-refractivity contribution >= 4 is 17.4 Å². The Morgan fingerprint density at radius 2 is 1.77 bits per heavy atom. The number of nitrogens with zero attached hydrogens (tertiary/aromatic N) is 2. The number of carbonyl (C=O) groups is 2.